The fourth-order valence-corrected chi connectivity index (χ4v) is 10.9. The SMILES string of the molecule is COc1cc(N2CCC(CN3CC(C(=O)NC(C(=O)N4C[C@H](O)C[C@H]4C(=O)NCc4ccc(-c5scnc5C)cc4)C(C)(C)C)C3)CC2)ccc1Nc1ncc(Cl)c(Nc2ccccc2N(C)S(C)(=O)=O)n1. The van der Waals surface area contributed by atoms with Crippen LogP contribution in [0.4, 0.5) is 34.5 Å². The van der Waals surface area contributed by atoms with E-state index in [1.807, 2.05) is 75.7 Å². The highest BCUT2D eigenvalue weighted by Crippen LogP contribution is 2.36. The number of likely N-dealkylation sites (tertiary alicyclic amines) is 2. The Kier molecular flexibility index (Phi) is 15.9. The zero-order valence-corrected chi connectivity index (χ0v) is 44.1. The van der Waals surface area contributed by atoms with Crippen molar-refractivity contribution < 1.29 is 32.6 Å². The Labute approximate surface area is 430 Å². The largest absolute Gasteiger partial charge is 0.494 e. The number of ether oxygens (including phenoxy) is 1. The highest BCUT2D eigenvalue weighted by molar-refractivity contribution is 7.92. The second-order valence-corrected chi connectivity index (χ2v) is 23.3. The van der Waals surface area contributed by atoms with Crippen molar-refractivity contribution in [1.82, 2.24) is 35.4 Å². The average Bonchev–Trinajstić information content (AvgIpc) is 3.96. The number of nitrogens with one attached hydrogen (secondary N) is 4. The molecule has 0 saturated carbocycles. The number of aryl methyl sites for hydroxylation is 1. The summed E-state index contributed by atoms with van der Waals surface area (Å²) in [6.07, 6.45) is 3.81. The molecule has 3 aromatic carbocycles. The van der Waals surface area contributed by atoms with E-state index >= 15 is 0 Å². The van der Waals surface area contributed by atoms with E-state index in [1.54, 1.807) is 42.7 Å². The highest BCUT2D eigenvalue weighted by atomic mass is 35.5. The molecule has 2 aromatic heterocycles. The van der Waals surface area contributed by atoms with Gasteiger partial charge in [-0.25, -0.2) is 18.4 Å². The molecular weight excluding hydrogens is 978 g/mol. The molecule has 5 heterocycles. The maximum atomic E-state index is 14.2. The number of sulfonamides is 1. The van der Waals surface area contributed by atoms with Gasteiger partial charge >= 0.3 is 0 Å². The molecule has 0 aliphatic carbocycles. The number of hydrogen-bond acceptors (Lipinski definition) is 15. The molecule has 5 N–H and O–H groups in total. The Morgan fingerprint density at radius 3 is 2.36 bits per heavy atom. The first-order valence-corrected chi connectivity index (χ1v) is 27.2. The van der Waals surface area contributed by atoms with Crippen LogP contribution >= 0.6 is 22.9 Å². The van der Waals surface area contributed by atoms with Crippen LogP contribution in [0.2, 0.25) is 5.02 Å². The number of carbonyl (C=O) groups is 3. The molecule has 21 heteroatoms. The molecule has 0 radical (unpaired) electrons. The molecule has 72 heavy (non-hydrogen) atoms. The van der Waals surface area contributed by atoms with E-state index in [0.29, 0.717) is 41.8 Å². The minimum Gasteiger partial charge on any atom is -0.494 e. The zero-order chi connectivity index (χ0) is 51.5. The number of β-amino-alcohol motifs (C(OH)–C–C–N with tert-alkyl or cyclic N) is 1. The number of benzene rings is 3. The van der Waals surface area contributed by atoms with E-state index in [2.05, 4.69) is 46.0 Å². The first kappa shape index (κ1) is 52.3. The Morgan fingerprint density at radius 2 is 1.69 bits per heavy atom. The fraction of sp³-hybridized carbons (Fsp3) is 0.451. The Hall–Kier alpha value is -6.06. The summed E-state index contributed by atoms with van der Waals surface area (Å²) in [5, 5.41) is 23.3. The highest BCUT2D eigenvalue weighted by Gasteiger charge is 2.46. The number of carbonyl (C=O) groups excluding carboxylic acids is 3. The van der Waals surface area contributed by atoms with E-state index in [1.165, 1.54) is 22.4 Å². The number of aliphatic hydroxyl groups is 1. The number of para-hydroxylation sites is 2. The number of anilines is 6. The van der Waals surface area contributed by atoms with Crippen molar-refractivity contribution in [3.8, 4) is 16.2 Å². The maximum absolute atomic E-state index is 14.2. The lowest BCUT2D eigenvalue weighted by Crippen LogP contribution is -2.61. The number of rotatable bonds is 17. The molecule has 8 rings (SSSR count). The van der Waals surface area contributed by atoms with E-state index in [4.69, 9.17) is 16.3 Å². The van der Waals surface area contributed by atoms with Crippen molar-refractivity contribution >= 4 is 85.2 Å². The fourth-order valence-electron chi connectivity index (χ4n) is 9.44. The van der Waals surface area contributed by atoms with Crippen molar-refractivity contribution in [2.45, 2.75) is 71.7 Å². The van der Waals surface area contributed by atoms with Crippen LogP contribution in [0.25, 0.3) is 10.4 Å². The van der Waals surface area contributed by atoms with E-state index < -0.39 is 33.6 Å². The van der Waals surface area contributed by atoms with Crippen molar-refractivity contribution in [3.63, 3.8) is 0 Å². The topological polar surface area (TPSA) is 215 Å². The average molecular weight is 1040 g/mol. The third kappa shape index (κ3) is 12.2. The summed E-state index contributed by atoms with van der Waals surface area (Å²) in [4.78, 5) is 62.0. The number of hydrogen-bond donors (Lipinski definition) is 5. The van der Waals surface area contributed by atoms with E-state index in [9.17, 15) is 27.9 Å². The summed E-state index contributed by atoms with van der Waals surface area (Å²) in [5.41, 5.74) is 6.69. The van der Waals surface area contributed by atoms with Crippen molar-refractivity contribution in [1.29, 1.82) is 0 Å². The summed E-state index contributed by atoms with van der Waals surface area (Å²) < 4.78 is 31.6. The molecule has 0 spiro atoms. The molecule has 3 aliphatic heterocycles. The van der Waals surface area contributed by atoms with E-state index in [-0.39, 0.29) is 59.9 Å². The lowest BCUT2D eigenvalue weighted by molar-refractivity contribution is -0.145. The molecule has 3 aliphatic rings. The third-order valence-corrected chi connectivity index (χ3v) is 16.1. The van der Waals surface area contributed by atoms with Crippen molar-refractivity contribution in [2.75, 3.05) is 79.5 Å². The number of thiazole rings is 1. The quantitative estimate of drug-likeness (QED) is 0.0681. The first-order valence-electron chi connectivity index (χ1n) is 24.1. The monoisotopic (exact) mass is 1040 g/mol. The van der Waals surface area contributed by atoms with Gasteiger partial charge in [-0.05, 0) is 66.5 Å². The van der Waals surface area contributed by atoms with Crippen molar-refractivity contribution in [3.05, 3.63) is 94.7 Å². The normalized spacial score (nSPS) is 18.3. The molecule has 3 saturated heterocycles. The number of methoxy groups -OCH3 is 1. The van der Waals surface area contributed by atoms with Gasteiger partial charge < -0.3 is 45.8 Å². The van der Waals surface area contributed by atoms with Gasteiger partial charge in [-0.2, -0.15) is 4.98 Å². The van der Waals surface area contributed by atoms with Crippen LogP contribution < -0.4 is 35.2 Å². The van der Waals surface area contributed by atoms with Gasteiger partial charge in [0.25, 0.3) is 0 Å². The molecule has 5 aromatic rings. The number of aliphatic hydroxyl groups excluding tert-OH is 1. The number of halogens is 1. The van der Waals surface area contributed by atoms with Crippen LogP contribution in [0.5, 0.6) is 5.75 Å². The summed E-state index contributed by atoms with van der Waals surface area (Å²) in [5.74, 6) is 0.442. The second-order valence-electron chi connectivity index (χ2n) is 20.0. The van der Waals surface area contributed by atoms with Gasteiger partial charge in [0, 0.05) is 71.0 Å². The van der Waals surface area contributed by atoms with Gasteiger partial charge in [0.15, 0.2) is 5.82 Å². The standard InChI is InChI=1S/C51H64ClN11O7S2/c1-31-44(71-30-55-31)34-14-12-32(13-15-34)24-53-48(66)42-23-37(64)29-63(42)49(67)45(51(2,3)4)58-47(65)35-27-61(28-35)26-33-18-20-62(21-19-33)36-16-17-40(43(22-36)70-6)57-50-54-25-38(52)46(59-50)56-39-10-8-9-11-41(39)60(5)72(7,68)69/h8-17,22,25,30,33,35,37,42,45,64H,18-21,23-24,26-29H2,1-7H3,(H,53,66)(H,58,65)(H2,54,56,57,59)/t37-,42+,45?/m1/s1. The number of piperidine rings is 1. The van der Waals surface area contributed by atoms with Gasteiger partial charge in [0.05, 0.1) is 64.7 Å². The number of amides is 3. The lowest BCUT2D eigenvalue weighted by atomic mass is 9.84. The minimum absolute atomic E-state index is 0.0158. The van der Waals surface area contributed by atoms with Crippen LogP contribution in [0.3, 0.4) is 0 Å². The molecule has 0 bridgehead atoms. The summed E-state index contributed by atoms with van der Waals surface area (Å²) in [6, 6.07) is 19.1. The van der Waals surface area contributed by atoms with Crippen LogP contribution in [-0.2, 0) is 31.0 Å². The van der Waals surface area contributed by atoms with Gasteiger partial charge in [0.2, 0.25) is 33.7 Å². The number of nitrogens with zero attached hydrogens (tertiary/aromatic N) is 7. The first-order chi connectivity index (χ1) is 34.2. The molecule has 384 valence electrons. The van der Waals surface area contributed by atoms with Gasteiger partial charge in [-0.3, -0.25) is 18.7 Å². The Balaban J connectivity index is 0.802. The number of aromatic nitrogens is 3. The molecule has 3 amide bonds. The molecule has 18 nitrogen and oxygen atoms in total. The Bertz CT molecular complexity index is 2870. The van der Waals surface area contributed by atoms with Gasteiger partial charge in [-0.15, -0.1) is 11.3 Å². The lowest BCUT2D eigenvalue weighted by Gasteiger charge is -2.43. The van der Waals surface area contributed by atoms with Crippen LogP contribution in [0.1, 0.15) is 51.3 Å². The second kappa shape index (κ2) is 22.0. The van der Waals surface area contributed by atoms with Gasteiger partial charge in [-0.1, -0.05) is 68.8 Å². The summed E-state index contributed by atoms with van der Waals surface area (Å²) in [6.45, 7) is 11.7. The minimum atomic E-state index is -3.52. The molecule has 3 atom stereocenters. The smallest absolute Gasteiger partial charge is 0.246 e. The zero-order valence-electron chi connectivity index (χ0n) is 41.7. The molecular formula is C51H64ClN11O7S2. The third-order valence-electron chi connectivity index (χ3n) is 13.7. The Morgan fingerprint density at radius 1 is 0.972 bits per heavy atom. The van der Waals surface area contributed by atoms with Crippen LogP contribution in [-0.4, -0.2) is 134 Å². The van der Waals surface area contributed by atoms with Crippen molar-refractivity contribution in [2.24, 2.45) is 17.3 Å². The van der Waals surface area contributed by atoms with Gasteiger partial charge in [0.1, 0.15) is 22.9 Å². The summed E-state index contributed by atoms with van der Waals surface area (Å²) in [7, 11) is -0.444. The molecule has 3 fully saturated rings. The van der Waals surface area contributed by atoms with E-state index in [0.717, 1.165) is 66.1 Å². The maximum Gasteiger partial charge on any atom is 0.246 e. The predicted molar refractivity (Wildman–Crippen MR) is 283 cm³/mol. The summed E-state index contributed by atoms with van der Waals surface area (Å²) >= 11 is 8.06. The van der Waals surface area contributed by atoms with Crippen LogP contribution in [0, 0.1) is 24.2 Å². The molecule has 1 unspecified atom stereocenters. The van der Waals surface area contributed by atoms with Crippen LogP contribution in [0.15, 0.2) is 78.4 Å². The predicted octanol–water partition coefficient (Wildman–Crippen LogP) is 6.41.